The van der Waals surface area contributed by atoms with Crippen LogP contribution in [-0.2, 0) is 45.1 Å². The fraction of sp³-hybridized carbons (Fsp3) is 0.455. The minimum atomic E-state index is -0.434. The Hall–Kier alpha value is -4.38. The van der Waals surface area contributed by atoms with Crippen LogP contribution in [-0.4, -0.2) is 83.0 Å². The van der Waals surface area contributed by atoms with Gasteiger partial charge in [-0.05, 0) is 48.2 Å². The maximum Gasteiger partial charge on any atom is 0.239 e. The van der Waals surface area contributed by atoms with Crippen molar-refractivity contribution in [1.82, 2.24) is 24.7 Å². The van der Waals surface area contributed by atoms with Crippen molar-refractivity contribution in [2.75, 3.05) is 33.8 Å². The molecule has 0 aliphatic carbocycles. The molecule has 3 aromatic rings. The van der Waals surface area contributed by atoms with E-state index in [9.17, 15) is 14.4 Å². The fourth-order valence-corrected chi connectivity index (χ4v) is 5.69. The third-order valence-corrected chi connectivity index (χ3v) is 8.20. The van der Waals surface area contributed by atoms with Crippen molar-refractivity contribution < 1.29 is 28.6 Å². The molecule has 2 aromatic carbocycles. The molecule has 3 amide bonds. The number of methoxy groups -OCH3 is 1. The molecule has 4 heterocycles. The monoisotopic (exact) mass is 603 g/mol. The van der Waals surface area contributed by atoms with Gasteiger partial charge < -0.3 is 33.9 Å². The van der Waals surface area contributed by atoms with E-state index in [0.717, 1.165) is 23.4 Å². The lowest BCUT2D eigenvalue weighted by atomic mass is 10.0. The number of benzene rings is 2. The summed E-state index contributed by atoms with van der Waals surface area (Å²) >= 11 is 0. The number of ether oxygens (including phenoxy) is 3. The van der Waals surface area contributed by atoms with Crippen LogP contribution >= 0.6 is 0 Å². The highest BCUT2D eigenvalue weighted by atomic mass is 16.5. The third kappa shape index (κ3) is 7.76. The zero-order valence-corrected chi connectivity index (χ0v) is 25.7. The molecule has 0 saturated carbocycles. The lowest BCUT2D eigenvalue weighted by Crippen LogP contribution is -2.57. The highest BCUT2D eigenvalue weighted by Gasteiger charge is 2.33. The summed E-state index contributed by atoms with van der Waals surface area (Å²) in [5, 5.41) is 3.08. The number of nitrogens with zero attached hydrogens (tertiary/aromatic N) is 4. The van der Waals surface area contributed by atoms with Crippen molar-refractivity contribution in [3.63, 3.8) is 0 Å². The van der Waals surface area contributed by atoms with Crippen LogP contribution in [0.15, 0.2) is 54.9 Å². The highest BCUT2D eigenvalue weighted by molar-refractivity contribution is 5.85. The zero-order valence-electron chi connectivity index (χ0n) is 25.7. The summed E-state index contributed by atoms with van der Waals surface area (Å²) in [5.41, 5.74) is 1.82. The molecule has 4 bridgehead atoms. The van der Waals surface area contributed by atoms with E-state index in [2.05, 4.69) is 10.3 Å². The number of hydrogen-bond acceptors (Lipinski definition) is 7. The molecule has 11 nitrogen and oxygen atoms in total. The number of fused-ring (bicyclic) bond motifs is 9. The van der Waals surface area contributed by atoms with Crippen LogP contribution in [0.3, 0.4) is 0 Å². The van der Waals surface area contributed by atoms with Gasteiger partial charge in [-0.2, -0.15) is 0 Å². The van der Waals surface area contributed by atoms with Crippen molar-refractivity contribution >= 4 is 17.7 Å². The van der Waals surface area contributed by atoms with Gasteiger partial charge in [0.1, 0.15) is 11.6 Å². The first kappa shape index (κ1) is 31.1. The molecule has 1 aromatic heterocycles. The number of rotatable bonds is 5. The van der Waals surface area contributed by atoms with E-state index in [1.54, 1.807) is 20.4 Å². The van der Waals surface area contributed by atoms with Crippen molar-refractivity contribution in [3.8, 4) is 17.2 Å². The molecule has 234 valence electrons. The lowest BCUT2D eigenvalue weighted by Gasteiger charge is -2.39. The van der Waals surface area contributed by atoms with Crippen molar-refractivity contribution in [2.45, 2.75) is 64.3 Å². The Balaban J connectivity index is 1.34. The predicted octanol–water partition coefficient (Wildman–Crippen LogP) is 3.34. The van der Waals surface area contributed by atoms with Gasteiger partial charge in [0.15, 0.2) is 11.5 Å². The quantitative estimate of drug-likeness (QED) is 0.476. The third-order valence-electron chi connectivity index (χ3n) is 8.20. The standard InChI is InChI=1S/C33H41N5O6/c1-4-30-34-14-17-37(30)16-13-33(41)38-15-12-26-29(20-38)43-22-24-6-5-7-25(18-24)44-27-10-8-23(19-28(27)42-3)9-11-32(40)36(2)21-31(39)35-26/h5-8,10,14,17-19,26,29H,4,9,11-13,15-16,20-22H2,1-3H3,(H,35,39)/t26-,29-/m0/s1. The number of nitrogens with one attached hydrogen (secondary N) is 1. The van der Waals surface area contributed by atoms with Crippen LogP contribution in [0.1, 0.15) is 43.1 Å². The molecule has 11 heteroatoms. The summed E-state index contributed by atoms with van der Waals surface area (Å²) in [6.07, 6.45) is 5.66. The van der Waals surface area contributed by atoms with Gasteiger partial charge in [0.25, 0.3) is 0 Å². The molecule has 0 radical (unpaired) electrons. The summed E-state index contributed by atoms with van der Waals surface area (Å²) in [5.74, 6) is 2.35. The molecule has 0 spiro atoms. The predicted molar refractivity (Wildman–Crippen MR) is 163 cm³/mol. The molecular formula is C33H41N5O6. The Bertz CT molecular complexity index is 1470. The molecule has 44 heavy (non-hydrogen) atoms. The van der Waals surface area contributed by atoms with Crippen molar-refractivity contribution in [3.05, 3.63) is 71.8 Å². The van der Waals surface area contributed by atoms with E-state index in [1.165, 1.54) is 4.90 Å². The molecule has 1 saturated heterocycles. The van der Waals surface area contributed by atoms with Gasteiger partial charge in [-0.15, -0.1) is 0 Å². The summed E-state index contributed by atoms with van der Waals surface area (Å²) in [7, 11) is 3.21. The highest BCUT2D eigenvalue weighted by Crippen LogP contribution is 2.33. The SMILES string of the molecule is CCc1nccn1CCC(=O)N1CC[C@@H]2NC(=O)CN(C)C(=O)CCc3ccc(c(OC)c3)Oc3cccc(c3)CO[C@H]2C1. The van der Waals surface area contributed by atoms with Gasteiger partial charge in [-0.1, -0.05) is 25.1 Å². The maximum atomic E-state index is 13.3. The van der Waals surface area contributed by atoms with Gasteiger partial charge in [0.2, 0.25) is 17.7 Å². The molecule has 1 fully saturated rings. The largest absolute Gasteiger partial charge is 0.493 e. The van der Waals surface area contributed by atoms with E-state index in [4.69, 9.17) is 14.2 Å². The van der Waals surface area contributed by atoms with Gasteiger partial charge in [-0.25, -0.2) is 4.98 Å². The van der Waals surface area contributed by atoms with Crippen LogP contribution in [0.4, 0.5) is 0 Å². The average Bonchev–Trinajstić information content (AvgIpc) is 3.49. The van der Waals surface area contributed by atoms with E-state index >= 15 is 0 Å². The number of aryl methyl sites for hydroxylation is 3. The number of likely N-dealkylation sites (N-methyl/N-ethyl adjacent to an activating group) is 1. The first-order valence-electron chi connectivity index (χ1n) is 15.2. The van der Waals surface area contributed by atoms with E-state index in [0.29, 0.717) is 56.1 Å². The van der Waals surface area contributed by atoms with Crippen LogP contribution in [0.2, 0.25) is 0 Å². The van der Waals surface area contributed by atoms with Crippen molar-refractivity contribution in [2.24, 2.45) is 0 Å². The number of carbonyl (C=O) groups excluding carboxylic acids is 3. The van der Waals surface area contributed by atoms with Gasteiger partial charge in [0.05, 0.1) is 32.4 Å². The Morgan fingerprint density at radius 2 is 2.00 bits per heavy atom. The summed E-state index contributed by atoms with van der Waals surface area (Å²) in [4.78, 5) is 46.8. The second-order valence-corrected chi connectivity index (χ2v) is 11.3. The number of likely N-dealkylation sites (tertiary alicyclic amines) is 1. The molecule has 3 aliphatic heterocycles. The number of imidazole rings is 1. The molecule has 6 rings (SSSR count). The number of hydrogen-bond donors (Lipinski definition) is 1. The summed E-state index contributed by atoms with van der Waals surface area (Å²) < 4.78 is 20.1. The Labute approximate surface area is 258 Å². The first-order valence-corrected chi connectivity index (χ1v) is 15.2. The van der Waals surface area contributed by atoms with Crippen LogP contribution in [0.25, 0.3) is 0 Å². The van der Waals surface area contributed by atoms with Crippen LogP contribution in [0.5, 0.6) is 17.2 Å². The maximum absolute atomic E-state index is 13.3. The molecule has 1 N–H and O–H groups in total. The topological polar surface area (TPSA) is 115 Å². The number of piperidine rings is 1. The number of carbonyl (C=O) groups is 3. The van der Waals surface area contributed by atoms with E-state index in [-0.39, 0.29) is 43.3 Å². The number of amides is 3. The Morgan fingerprint density at radius 3 is 2.82 bits per heavy atom. The second-order valence-electron chi connectivity index (χ2n) is 11.3. The smallest absolute Gasteiger partial charge is 0.239 e. The van der Waals surface area contributed by atoms with Gasteiger partial charge in [0, 0.05) is 58.3 Å². The molecule has 0 unspecified atom stereocenters. The molecule has 2 atom stereocenters. The van der Waals surface area contributed by atoms with Crippen LogP contribution in [0, 0.1) is 0 Å². The fourth-order valence-electron chi connectivity index (χ4n) is 5.69. The molecule has 3 aliphatic rings. The first-order chi connectivity index (χ1) is 21.3. The van der Waals surface area contributed by atoms with Gasteiger partial charge in [-0.3, -0.25) is 14.4 Å². The van der Waals surface area contributed by atoms with E-state index < -0.39 is 6.10 Å². The second kappa shape index (κ2) is 14.4. The zero-order chi connectivity index (χ0) is 31.1. The number of aromatic nitrogens is 2. The van der Waals surface area contributed by atoms with E-state index in [1.807, 2.05) is 65.1 Å². The minimum absolute atomic E-state index is 0.0326. The Kier molecular flexibility index (Phi) is 10.2. The minimum Gasteiger partial charge on any atom is -0.493 e. The average molecular weight is 604 g/mol. The lowest BCUT2D eigenvalue weighted by molar-refractivity contribution is -0.139. The normalized spacial score (nSPS) is 19.7. The molecular weight excluding hydrogens is 562 g/mol. The summed E-state index contributed by atoms with van der Waals surface area (Å²) in [6, 6.07) is 12.9. The van der Waals surface area contributed by atoms with Crippen LogP contribution < -0.4 is 14.8 Å². The summed E-state index contributed by atoms with van der Waals surface area (Å²) in [6.45, 7) is 3.66. The Morgan fingerprint density at radius 1 is 1.14 bits per heavy atom. The van der Waals surface area contributed by atoms with Crippen molar-refractivity contribution in [1.29, 1.82) is 0 Å². The van der Waals surface area contributed by atoms with Gasteiger partial charge >= 0.3 is 0 Å².